The number of aryl methyl sites for hydroxylation is 1. The van der Waals surface area contributed by atoms with Gasteiger partial charge in [0, 0.05) is 0 Å². The van der Waals surface area contributed by atoms with Crippen LogP contribution in [0.5, 0.6) is 0 Å². The second-order valence-electron chi connectivity index (χ2n) is 3.18. The minimum atomic E-state index is -0.174. The molecule has 0 aliphatic heterocycles. The van der Waals surface area contributed by atoms with E-state index < -0.39 is 0 Å². The second kappa shape index (κ2) is 8.23. The Balaban J connectivity index is 0.00000196. The van der Waals surface area contributed by atoms with Gasteiger partial charge in [-0.1, -0.05) is 0 Å². The summed E-state index contributed by atoms with van der Waals surface area (Å²) in [4.78, 5) is 11.0. The molecule has 0 saturated carbocycles. The Morgan fingerprint density at radius 2 is 2.07 bits per heavy atom. The van der Waals surface area contributed by atoms with Gasteiger partial charge in [-0.05, 0) is 0 Å². The van der Waals surface area contributed by atoms with Crippen molar-refractivity contribution in [3.8, 4) is 0 Å². The molecule has 0 N–H and O–H groups in total. The van der Waals surface area contributed by atoms with E-state index in [0.717, 1.165) is 12.0 Å². The summed E-state index contributed by atoms with van der Waals surface area (Å²) in [5, 5.41) is 1.25. The molecule has 2 nitrogen and oxygen atoms in total. The fraction of sp³-hybridized carbons (Fsp3) is 0.364. The average Bonchev–Trinajstić information content (AvgIpc) is 2.19. The third kappa shape index (κ3) is 5.62. The van der Waals surface area contributed by atoms with E-state index in [9.17, 15) is 4.79 Å². The summed E-state index contributed by atoms with van der Waals surface area (Å²) in [6.45, 7) is 0. The Bertz CT molecular complexity index is 315. The molecule has 0 fully saturated rings. The molecular weight excluding hydrogens is 356 g/mol. The average molecular weight is 371 g/mol. The van der Waals surface area contributed by atoms with Gasteiger partial charge >= 0.3 is 94.2 Å². The van der Waals surface area contributed by atoms with Crippen molar-refractivity contribution in [3.05, 3.63) is 35.4 Å². The molecule has 1 rings (SSSR count). The van der Waals surface area contributed by atoms with Crippen LogP contribution in [0.25, 0.3) is 0 Å². The number of esters is 1. The number of hydrogen-bond donors (Lipinski definition) is 0. The zero-order valence-electron chi connectivity index (χ0n) is 8.86. The van der Waals surface area contributed by atoms with Gasteiger partial charge in [0.05, 0.1) is 0 Å². The van der Waals surface area contributed by atoms with E-state index in [4.69, 9.17) is 0 Å². The summed E-state index contributed by atoms with van der Waals surface area (Å²) < 4.78 is 4.62. The topological polar surface area (TPSA) is 26.3 Å². The molecule has 0 saturated heterocycles. The van der Waals surface area contributed by atoms with E-state index in [2.05, 4.69) is 16.9 Å². The summed E-state index contributed by atoms with van der Waals surface area (Å²) >= 11 is 1.32. The van der Waals surface area contributed by atoms with Crippen molar-refractivity contribution < 1.29 is 27.8 Å². The summed E-state index contributed by atoms with van der Waals surface area (Å²) in [5.74, 6) is -0.174. The number of carbonyl (C=O) groups excluding carboxylic acids is 1. The number of carbonyl (C=O) groups is 1. The van der Waals surface area contributed by atoms with Crippen molar-refractivity contribution in [2.75, 3.05) is 7.11 Å². The number of hydrogen-bond acceptors (Lipinski definition) is 2. The van der Waals surface area contributed by atoms with Crippen LogP contribution in [0.1, 0.15) is 11.1 Å². The molecule has 0 unspecified atom stereocenters. The second-order valence-corrected chi connectivity index (χ2v) is 4.66. The molecule has 15 heavy (non-hydrogen) atoms. The van der Waals surface area contributed by atoms with Crippen LogP contribution in [0.4, 0.5) is 0 Å². The maximum absolute atomic E-state index is 11.0. The van der Waals surface area contributed by atoms with Gasteiger partial charge < -0.3 is 0 Å². The zero-order chi connectivity index (χ0) is 10.4. The number of halogens is 1. The molecule has 0 atom stereocenters. The summed E-state index contributed by atoms with van der Waals surface area (Å²) in [6.07, 6.45) is 1.50. The number of methoxy groups -OCH3 is 1. The Hall–Kier alpha value is 0.0434. The molecule has 0 aliphatic rings. The van der Waals surface area contributed by atoms with E-state index in [1.54, 1.807) is 0 Å². The van der Waals surface area contributed by atoms with Crippen molar-refractivity contribution in [2.24, 2.45) is 0 Å². The number of benzene rings is 1. The molecule has 0 spiro atoms. The summed E-state index contributed by atoms with van der Waals surface area (Å²) in [6, 6.07) is 8.17. The third-order valence-electron chi connectivity index (χ3n) is 2.03. The van der Waals surface area contributed by atoms with Gasteiger partial charge in [-0.3, -0.25) is 0 Å². The van der Waals surface area contributed by atoms with E-state index in [0.29, 0.717) is 6.42 Å². The van der Waals surface area contributed by atoms with Gasteiger partial charge in [0.2, 0.25) is 0 Å². The van der Waals surface area contributed by atoms with E-state index in [1.807, 2.05) is 12.1 Å². The van der Waals surface area contributed by atoms with Gasteiger partial charge in [0.1, 0.15) is 0 Å². The third-order valence-corrected chi connectivity index (χ3v) is 2.77. The smallest absolute Gasteiger partial charge is 0.107 e. The van der Waals surface area contributed by atoms with Gasteiger partial charge in [-0.15, -0.1) is 24.0 Å². The van der Waals surface area contributed by atoms with Crippen LogP contribution in [0, 0.1) is 0 Å². The van der Waals surface area contributed by atoms with Crippen molar-refractivity contribution in [3.63, 3.8) is 0 Å². The van der Waals surface area contributed by atoms with Crippen molar-refractivity contribution >= 4 is 29.9 Å². The molecule has 0 radical (unpaired) electrons. The van der Waals surface area contributed by atoms with Crippen molar-refractivity contribution in [1.82, 2.24) is 0 Å². The monoisotopic (exact) mass is 369 g/mol. The Labute approximate surface area is 117 Å². The maximum Gasteiger partial charge on any atom is -0.107 e. The van der Waals surface area contributed by atoms with Crippen LogP contribution < -0.4 is 0 Å². The van der Waals surface area contributed by atoms with Crippen LogP contribution in [-0.4, -0.2) is 13.1 Å². The predicted octanol–water partition coefficient (Wildman–Crippen LogP) is 2.53. The minimum absolute atomic E-state index is 0. The molecule has 0 aromatic heterocycles. The van der Waals surface area contributed by atoms with Crippen LogP contribution in [-0.2, 0) is 40.7 Å². The van der Waals surface area contributed by atoms with Crippen LogP contribution in [0.2, 0.25) is 5.02 Å². The fourth-order valence-electron chi connectivity index (χ4n) is 1.34. The summed E-state index contributed by atoms with van der Waals surface area (Å²) in [7, 11) is 1.42. The molecular formula is C11H14IO2Zn. The number of ether oxygens (including phenoxy) is 1. The molecule has 0 bridgehead atoms. The van der Waals surface area contributed by atoms with Crippen LogP contribution >= 0.6 is 24.0 Å². The van der Waals surface area contributed by atoms with Crippen molar-refractivity contribution in [1.29, 1.82) is 0 Å². The molecule has 1 aromatic rings. The standard InChI is InChI=1S/C11H13O2.HI.Zn/c1-3-9-5-4-6-10(7-9)8-11(12)13-2;;/h4-7H,1,3,8H2,2H3;1H;. The van der Waals surface area contributed by atoms with Crippen LogP contribution in [0.15, 0.2) is 24.3 Å². The first kappa shape index (κ1) is 15.0. The fourth-order valence-corrected chi connectivity index (χ4v) is 2.19. The Morgan fingerprint density at radius 3 is 2.67 bits per heavy atom. The zero-order valence-corrected chi connectivity index (χ0v) is 14.2. The van der Waals surface area contributed by atoms with E-state index >= 15 is 0 Å². The first-order valence-electron chi connectivity index (χ1n) is 4.70. The Kier molecular flexibility index (Phi) is 8.25. The van der Waals surface area contributed by atoms with Gasteiger partial charge in [-0.2, -0.15) is 0 Å². The first-order valence-corrected chi connectivity index (χ1v) is 6.80. The summed E-state index contributed by atoms with van der Waals surface area (Å²) in [5.41, 5.74) is 2.36. The van der Waals surface area contributed by atoms with Gasteiger partial charge in [-0.25, -0.2) is 0 Å². The molecule has 1 aromatic carbocycles. The molecule has 79 valence electrons. The largest absolute Gasteiger partial charge is 0.107 e. The van der Waals surface area contributed by atoms with E-state index in [-0.39, 0.29) is 29.9 Å². The quantitative estimate of drug-likeness (QED) is 0.463. The van der Waals surface area contributed by atoms with Crippen molar-refractivity contribution in [2.45, 2.75) is 17.9 Å². The predicted molar refractivity (Wildman–Crippen MR) is 66.1 cm³/mol. The molecule has 0 amide bonds. The SMILES string of the molecule is COC(=O)Cc1cccc(C[CH2][Zn])c1.I. The first-order chi connectivity index (χ1) is 6.76. The normalized spacial score (nSPS) is 9.27. The molecule has 4 heteroatoms. The van der Waals surface area contributed by atoms with Gasteiger partial charge in [0.25, 0.3) is 0 Å². The molecule has 0 heterocycles. The Morgan fingerprint density at radius 1 is 1.40 bits per heavy atom. The van der Waals surface area contributed by atoms with Crippen LogP contribution in [0.3, 0.4) is 0 Å². The molecule has 0 aliphatic carbocycles. The maximum atomic E-state index is 11.0. The number of rotatable bonds is 4. The van der Waals surface area contributed by atoms with Gasteiger partial charge in [0.15, 0.2) is 0 Å². The minimum Gasteiger partial charge on any atom is -0.107 e. The van der Waals surface area contributed by atoms with E-state index in [1.165, 1.54) is 36.0 Å².